The highest BCUT2D eigenvalue weighted by Gasteiger charge is 2.34. The number of para-hydroxylation sites is 1. The standard InChI is InChI=1S/C30H33N5O6/c1-3-40-27-16-20(13-14-26(27)36)29(30(38)31-18-23-10-7-15-41-23)35(21-8-6-9-22(17-21)39-2)28(37)19-34-25-12-5-4-11-24(25)32-33-34/h4-6,8-9,11-14,16-17,23,29,36H,3,7,10,15,18-19H2,1-2H3,(H,31,38)/t23-,29-/m0/s1. The van der Waals surface area contributed by atoms with Crippen molar-refractivity contribution in [3.8, 4) is 17.2 Å². The number of carbonyl (C=O) groups excluding carboxylic acids is 2. The van der Waals surface area contributed by atoms with Gasteiger partial charge in [-0.15, -0.1) is 5.10 Å². The van der Waals surface area contributed by atoms with Gasteiger partial charge in [0.05, 0.1) is 25.3 Å². The molecule has 1 saturated heterocycles. The molecule has 0 aliphatic carbocycles. The van der Waals surface area contributed by atoms with Gasteiger partial charge in [-0.1, -0.05) is 29.5 Å². The van der Waals surface area contributed by atoms with Crippen molar-refractivity contribution < 1.29 is 28.9 Å². The summed E-state index contributed by atoms with van der Waals surface area (Å²) in [4.78, 5) is 29.7. The van der Waals surface area contributed by atoms with Crippen LogP contribution in [-0.2, 0) is 20.9 Å². The molecule has 3 aromatic carbocycles. The normalized spacial score (nSPS) is 15.4. The zero-order chi connectivity index (χ0) is 28.8. The number of phenolic OH excluding ortho intramolecular Hbond substituents is 1. The molecule has 0 radical (unpaired) electrons. The molecule has 2 heterocycles. The smallest absolute Gasteiger partial charge is 0.249 e. The highest BCUT2D eigenvalue weighted by atomic mass is 16.5. The van der Waals surface area contributed by atoms with Crippen molar-refractivity contribution in [3.05, 3.63) is 72.3 Å². The van der Waals surface area contributed by atoms with Gasteiger partial charge in [-0.2, -0.15) is 0 Å². The molecule has 0 spiro atoms. The number of nitrogens with zero attached hydrogens (tertiary/aromatic N) is 4. The van der Waals surface area contributed by atoms with Gasteiger partial charge in [0.25, 0.3) is 0 Å². The molecule has 11 nitrogen and oxygen atoms in total. The van der Waals surface area contributed by atoms with Crippen LogP contribution in [0.25, 0.3) is 11.0 Å². The lowest BCUT2D eigenvalue weighted by atomic mass is 10.0. The predicted octanol–water partition coefficient (Wildman–Crippen LogP) is 3.61. The molecule has 1 aliphatic heterocycles. The minimum atomic E-state index is -1.12. The SMILES string of the molecule is CCOc1cc([C@@H](C(=O)NC[C@@H]2CCCO2)N(C(=O)Cn2nnc3ccccc32)c2cccc(OC)c2)ccc1O. The number of methoxy groups -OCH3 is 1. The fourth-order valence-corrected chi connectivity index (χ4v) is 4.94. The highest BCUT2D eigenvalue weighted by molar-refractivity contribution is 6.01. The Morgan fingerprint density at radius 1 is 1.17 bits per heavy atom. The van der Waals surface area contributed by atoms with Crippen molar-refractivity contribution in [2.75, 3.05) is 31.8 Å². The van der Waals surface area contributed by atoms with E-state index in [0.29, 0.717) is 47.8 Å². The molecular formula is C30H33N5O6. The number of carbonyl (C=O) groups is 2. The first kappa shape index (κ1) is 27.9. The second kappa shape index (κ2) is 12.7. The first-order chi connectivity index (χ1) is 20.0. The van der Waals surface area contributed by atoms with Crippen LogP contribution in [0.3, 0.4) is 0 Å². The largest absolute Gasteiger partial charge is 0.504 e. The molecular weight excluding hydrogens is 526 g/mol. The van der Waals surface area contributed by atoms with Crippen LogP contribution in [0, 0.1) is 0 Å². The number of anilines is 1. The number of rotatable bonds is 11. The maximum Gasteiger partial charge on any atom is 0.249 e. The summed E-state index contributed by atoms with van der Waals surface area (Å²) in [5, 5.41) is 21.7. The van der Waals surface area contributed by atoms with Crippen molar-refractivity contribution in [3.63, 3.8) is 0 Å². The van der Waals surface area contributed by atoms with E-state index in [-0.39, 0.29) is 24.1 Å². The summed E-state index contributed by atoms with van der Waals surface area (Å²) in [5.41, 5.74) is 2.24. The minimum Gasteiger partial charge on any atom is -0.504 e. The van der Waals surface area contributed by atoms with Gasteiger partial charge < -0.3 is 24.6 Å². The average molecular weight is 560 g/mol. The number of phenols is 1. The molecule has 1 aromatic heterocycles. The Morgan fingerprint density at radius 3 is 2.80 bits per heavy atom. The first-order valence-corrected chi connectivity index (χ1v) is 13.6. The van der Waals surface area contributed by atoms with Crippen LogP contribution in [0.15, 0.2) is 66.7 Å². The van der Waals surface area contributed by atoms with Gasteiger partial charge in [-0.25, -0.2) is 4.68 Å². The quantitative estimate of drug-likeness (QED) is 0.285. The van der Waals surface area contributed by atoms with E-state index in [4.69, 9.17) is 14.2 Å². The molecule has 214 valence electrons. The summed E-state index contributed by atoms with van der Waals surface area (Å²) >= 11 is 0. The number of aromatic nitrogens is 3. The number of hydrogen-bond acceptors (Lipinski definition) is 8. The Kier molecular flexibility index (Phi) is 8.64. The number of nitrogens with one attached hydrogen (secondary N) is 1. The predicted molar refractivity (Wildman–Crippen MR) is 152 cm³/mol. The van der Waals surface area contributed by atoms with Crippen LogP contribution in [0.1, 0.15) is 31.4 Å². The monoisotopic (exact) mass is 559 g/mol. The average Bonchev–Trinajstić information content (AvgIpc) is 3.66. The third-order valence-electron chi connectivity index (χ3n) is 6.94. The molecule has 0 saturated carbocycles. The summed E-state index contributed by atoms with van der Waals surface area (Å²) in [6.45, 7) is 2.89. The molecule has 2 atom stereocenters. The molecule has 4 aromatic rings. The first-order valence-electron chi connectivity index (χ1n) is 13.6. The molecule has 1 fully saturated rings. The van der Waals surface area contributed by atoms with Crippen LogP contribution in [0.4, 0.5) is 5.69 Å². The summed E-state index contributed by atoms with van der Waals surface area (Å²) in [6.07, 6.45) is 1.68. The van der Waals surface area contributed by atoms with E-state index in [0.717, 1.165) is 12.8 Å². The lowest BCUT2D eigenvalue weighted by Crippen LogP contribution is -2.46. The van der Waals surface area contributed by atoms with Crippen molar-refractivity contribution >= 4 is 28.5 Å². The van der Waals surface area contributed by atoms with Gasteiger partial charge in [-0.3, -0.25) is 14.5 Å². The van der Waals surface area contributed by atoms with E-state index >= 15 is 0 Å². The van der Waals surface area contributed by atoms with E-state index in [2.05, 4.69) is 15.6 Å². The minimum absolute atomic E-state index is 0.0672. The number of amides is 2. The maximum absolute atomic E-state index is 14.2. The Balaban J connectivity index is 1.58. The van der Waals surface area contributed by atoms with E-state index in [1.807, 2.05) is 24.3 Å². The van der Waals surface area contributed by atoms with Gasteiger partial charge in [0, 0.05) is 24.9 Å². The number of ether oxygens (including phenoxy) is 3. The van der Waals surface area contributed by atoms with Crippen LogP contribution < -0.4 is 19.7 Å². The summed E-state index contributed by atoms with van der Waals surface area (Å²) in [5.74, 6) is -0.152. The topological polar surface area (TPSA) is 128 Å². The van der Waals surface area contributed by atoms with Crippen molar-refractivity contribution in [1.82, 2.24) is 20.3 Å². The molecule has 5 rings (SSSR count). The third kappa shape index (κ3) is 6.25. The van der Waals surface area contributed by atoms with E-state index in [9.17, 15) is 14.7 Å². The molecule has 11 heteroatoms. The third-order valence-corrected chi connectivity index (χ3v) is 6.94. The molecule has 41 heavy (non-hydrogen) atoms. The van der Waals surface area contributed by atoms with Gasteiger partial charge >= 0.3 is 0 Å². The number of fused-ring (bicyclic) bond motifs is 1. The second-order valence-electron chi connectivity index (χ2n) is 9.64. The Hall–Kier alpha value is -4.64. The van der Waals surface area contributed by atoms with Gasteiger partial charge in [0.2, 0.25) is 11.8 Å². The zero-order valence-electron chi connectivity index (χ0n) is 23.0. The Bertz CT molecular complexity index is 1520. The number of benzene rings is 3. The lowest BCUT2D eigenvalue weighted by Gasteiger charge is -2.32. The lowest BCUT2D eigenvalue weighted by molar-refractivity contribution is -0.127. The van der Waals surface area contributed by atoms with Crippen molar-refractivity contribution in [2.45, 2.75) is 38.5 Å². The van der Waals surface area contributed by atoms with Crippen LogP contribution in [-0.4, -0.2) is 64.9 Å². The van der Waals surface area contributed by atoms with E-state index in [1.165, 1.54) is 22.8 Å². The number of hydrogen-bond donors (Lipinski definition) is 2. The van der Waals surface area contributed by atoms with E-state index < -0.39 is 17.9 Å². The summed E-state index contributed by atoms with van der Waals surface area (Å²) in [6, 6.07) is 17.8. The van der Waals surface area contributed by atoms with Gasteiger partial charge in [0.15, 0.2) is 11.5 Å². The van der Waals surface area contributed by atoms with Crippen LogP contribution >= 0.6 is 0 Å². The van der Waals surface area contributed by atoms with Gasteiger partial charge in [-0.05, 0) is 61.7 Å². The molecule has 0 bridgehead atoms. The summed E-state index contributed by atoms with van der Waals surface area (Å²) in [7, 11) is 1.53. The molecule has 0 unspecified atom stereocenters. The Labute approximate surface area is 237 Å². The zero-order valence-corrected chi connectivity index (χ0v) is 23.0. The van der Waals surface area contributed by atoms with Crippen molar-refractivity contribution in [1.29, 1.82) is 0 Å². The van der Waals surface area contributed by atoms with Crippen LogP contribution in [0.2, 0.25) is 0 Å². The molecule has 1 aliphatic rings. The fourth-order valence-electron chi connectivity index (χ4n) is 4.94. The Morgan fingerprint density at radius 2 is 2.02 bits per heavy atom. The van der Waals surface area contributed by atoms with Gasteiger partial charge in [0.1, 0.15) is 23.9 Å². The van der Waals surface area contributed by atoms with E-state index in [1.54, 1.807) is 43.3 Å². The molecule has 2 amide bonds. The van der Waals surface area contributed by atoms with Crippen LogP contribution in [0.5, 0.6) is 17.2 Å². The molecule has 2 N–H and O–H groups in total. The number of aromatic hydroxyl groups is 1. The fraction of sp³-hybridized carbons (Fsp3) is 0.333. The highest BCUT2D eigenvalue weighted by Crippen LogP contribution is 2.35. The second-order valence-corrected chi connectivity index (χ2v) is 9.64. The maximum atomic E-state index is 14.2. The van der Waals surface area contributed by atoms with Crippen molar-refractivity contribution in [2.24, 2.45) is 0 Å². The summed E-state index contributed by atoms with van der Waals surface area (Å²) < 4.78 is 18.3.